The summed E-state index contributed by atoms with van der Waals surface area (Å²) in [5.74, 6) is 0. The second-order valence-electron chi connectivity index (χ2n) is 4.42. The molecule has 0 fully saturated rings. The van der Waals surface area contributed by atoms with Gasteiger partial charge in [-0.2, -0.15) is 0 Å². The normalized spacial score (nSPS) is 15.4. The molecule has 0 saturated heterocycles. The van der Waals surface area contributed by atoms with Gasteiger partial charge < -0.3 is 10.4 Å². The van der Waals surface area contributed by atoms with Gasteiger partial charge in [0, 0.05) is 12.1 Å². The van der Waals surface area contributed by atoms with Gasteiger partial charge in [0.15, 0.2) is 0 Å². The first kappa shape index (κ1) is 13.9. The maximum absolute atomic E-state index is 9.02. The molecule has 0 heterocycles. The molecule has 2 heteroatoms. The maximum atomic E-state index is 9.02. The molecule has 0 radical (unpaired) electrons. The van der Waals surface area contributed by atoms with E-state index in [4.69, 9.17) is 5.11 Å². The molecule has 1 atom stereocenters. The molecule has 0 aliphatic rings. The van der Waals surface area contributed by atoms with Crippen molar-refractivity contribution in [3.8, 4) is 0 Å². The summed E-state index contributed by atoms with van der Waals surface area (Å²) in [6, 6.07) is 0. The number of unbranched alkanes of at least 4 members (excludes halogenated alkanes) is 2. The lowest BCUT2D eigenvalue weighted by Gasteiger charge is -2.30. The molecule has 0 spiro atoms. The molecule has 0 bridgehead atoms. The van der Waals surface area contributed by atoms with Gasteiger partial charge in [-0.05, 0) is 32.7 Å². The zero-order valence-corrected chi connectivity index (χ0v) is 10.1. The molecule has 0 aromatic heterocycles. The van der Waals surface area contributed by atoms with Gasteiger partial charge in [0.25, 0.3) is 0 Å². The van der Waals surface area contributed by atoms with E-state index in [0.29, 0.717) is 6.61 Å². The van der Waals surface area contributed by atoms with Crippen molar-refractivity contribution < 1.29 is 5.11 Å². The highest BCUT2D eigenvalue weighted by Gasteiger charge is 2.21. The van der Waals surface area contributed by atoms with Crippen LogP contribution in [0, 0.1) is 0 Å². The van der Waals surface area contributed by atoms with Crippen molar-refractivity contribution in [2.45, 2.75) is 64.8 Å². The summed E-state index contributed by atoms with van der Waals surface area (Å²) in [4.78, 5) is 0. The lowest BCUT2D eigenvalue weighted by molar-refractivity contribution is 0.208. The van der Waals surface area contributed by atoms with Crippen LogP contribution in [0.2, 0.25) is 0 Å². The first-order valence-corrected chi connectivity index (χ1v) is 6.04. The third kappa shape index (κ3) is 6.39. The van der Waals surface area contributed by atoms with E-state index in [1.807, 2.05) is 0 Å². The van der Waals surface area contributed by atoms with Gasteiger partial charge in [-0.3, -0.25) is 0 Å². The maximum Gasteiger partial charge on any atom is 0.0448 e. The van der Waals surface area contributed by atoms with E-state index >= 15 is 0 Å². The molecular formula is C12H27NO. The van der Waals surface area contributed by atoms with Crippen molar-refractivity contribution in [2.24, 2.45) is 0 Å². The fraction of sp³-hybridized carbons (Fsp3) is 1.00. The Bertz CT molecular complexity index is 127. The molecule has 0 aliphatic carbocycles. The molecule has 0 rings (SSSR count). The number of aliphatic hydroxyl groups is 1. The molecule has 86 valence electrons. The Morgan fingerprint density at radius 1 is 1.07 bits per heavy atom. The summed E-state index contributed by atoms with van der Waals surface area (Å²) in [6.45, 7) is 7.98. The monoisotopic (exact) mass is 201 g/mol. The van der Waals surface area contributed by atoms with Gasteiger partial charge >= 0.3 is 0 Å². The molecule has 0 aliphatic heterocycles. The van der Waals surface area contributed by atoms with Gasteiger partial charge in [0.1, 0.15) is 0 Å². The molecule has 0 amide bonds. The molecule has 14 heavy (non-hydrogen) atoms. The van der Waals surface area contributed by atoms with Crippen LogP contribution in [0.5, 0.6) is 0 Å². The molecule has 0 saturated carbocycles. The van der Waals surface area contributed by atoms with Crippen LogP contribution in [0.4, 0.5) is 0 Å². The quantitative estimate of drug-likeness (QED) is 0.562. The fourth-order valence-corrected chi connectivity index (χ4v) is 1.74. The van der Waals surface area contributed by atoms with Crippen LogP contribution in [0.25, 0.3) is 0 Å². The zero-order chi connectivity index (χ0) is 10.9. The number of hydrogen-bond donors (Lipinski definition) is 2. The second kappa shape index (κ2) is 8.25. The number of nitrogens with one attached hydrogen (secondary N) is 1. The Morgan fingerprint density at radius 2 is 1.79 bits per heavy atom. The van der Waals surface area contributed by atoms with Gasteiger partial charge in [0.05, 0.1) is 0 Å². The van der Waals surface area contributed by atoms with E-state index in [1.54, 1.807) is 0 Å². The minimum Gasteiger partial charge on any atom is -0.396 e. The van der Waals surface area contributed by atoms with Crippen molar-refractivity contribution in [3.05, 3.63) is 0 Å². The van der Waals surface area contributed by atoms with Crippen LogP contribution < -0.4 is 5.32 Å². The average Bonchev–Trinajstić information content (AvgIpc) is 2.16. The van der Waals surface area contributed by atoms with E-state index in [0.717, 1.165) is 19.4 Å². The van der Waals surface area contributed by atoms with Crippen LogP contribution in [0.3, 0.4) is 0 Å². The Balaban J connectivity index is 3.82. The van der Waals surface area contributed by atoms with Crippen molar-refractivity contribution in [1.29, 1.82) is 0 Å². The Kier molecular flexibility index (Phi) is 8.20. The minimum atomic E-state index is 0.153. The smallest absolute Gasteiger partial charge is 0.0448 e. The summed E-state index contributed by atoms with van der Waals surface area (Å²) in [5.41, 5.74) is 0.153. The van der Waals surface area contributed by atoms with E-state index in [2.05, 4.69) is 26.1 Å². The van der Waals surface area contributed by atoms with Crippen LogP contribution in [-0.2, 0) is 0 Å². The number of hydrogen-bond acceptors (Lipinski definition) is 2. The Hall–Kier alpha value is -0.0800. The van der Waals surface area contributed by atoms with E-state index in [1.165, 1.54) is 25.7 Å². The third-order valence-corrected chi connectivity index (χ3v) is 2.80. The van der Waals surface area contributed by atoms with Gasteiger partial charge in [-0.25, -0.2) is 0 Å². The molecule has 1 unspecified atom stereocenters. The largest absolute Gasteiger partial charge is 0.396 e. The van der Waals surface area contributed by atoms with Crippen molar-refractivity contribution in [2.75, 3.05) is 13.2 Å². The number of rotatable bonds is 9. The second-order valence-corrected chi connectivity index (χ2v) is 4.42. The summed E-state index contributed by atoms with van der Waals surface area (Å²) >= 11 is 0. The summed E-state index contributed by atoms with van der Waals surface area (Å²) in [5, 5.41) is 12.6. The van der Waals surface area contributed by atoms with Gasteiger partial charge in [-0.1, -0.05) is 33.1 Å². The average molecular weight is 201 g/mol. The minimum absolute atomic E-state index is 0.153. The van der Waals surface area contributed by atoms with Crippen LogP contribution in [0.15, 0.2) is 0 Å². The highest BCUT2D eigenvalue weighted by atomic mass is 16.3. The SMILES string of the molecule is CCCCCC(C)(CCO)NCCC. The Morgan fingerprint density at radius 3 is 2.29 bits per heavy atom. The third-order valence-electron chi connectivity index (χ3n) is 2.80. The van der Waals surface area contributed by atoms with Crippen molar-refractivity contribution >= 4 is 0 Å². The lowest BCUT2D eigenvalue weighted by Crippen LogP contribution is -2.43. The number of aliphatic hydroxyl groups excluding tert-OH is 1. The van der Waals surface area contributed by atoms with E-state index in [9.17, 15) is 0 Å². The molecule has 2 N–H and O–H groups in total. The van der Waals surface area contributed by atoms with Crippen LogP contribution in [-0.4, -0.2) is 23.8 Å². The summed E-state index contributed by atoms with van der Waals surface area (Å²) < 4.78 is 0. The molecular weight excluding hydrogens is 174 g/mol. The zero-order valence-electron chi connectivity index (χ0n) is 10.1. The highest BCUT2D eigenvalue weighted by molar-refractivity contribution is 4.82. The predicted octanol–water partition coefficient (Wildman–Crippen LogP) is 2.71. The lowest BCUT2D eigenvalue weighted by atomic mass is 9.91. The first-order chi connectivity index (χ1) is 6.68. The van der Waals surface area contributed by atoms with Crippen LogP contribution in [0.1, 0.15) is 59.3 Å². The van der Waals surface area contributed by atoms with E-state index < -0.39 is 0 Å². The van der Waals surface area contributed by atoms with Crippen molar-refractivity contribution in [1.82, 2.24) is 5.32 Å². The molecule has 0 aromatic rings. The summed E-state index contributed by atoms with van der Waals surface area (Å²) in [7, 11) is 0. The first-order valence-electron chi connectivity index (χ1n) is 6.04. The van der Waals surface area contributed by atoms with E-state index in [-0.39, 0.29) is 5.54 Å². The van der Waals surface area contributed by atoms with Crippen LogP contribution >= 0.6 is 0 Å². The predicted molar refractivity (Wildman–Crippen MR) is 62.5 cm³/mol. The molecule has 0 aromatic carbocycles. The highest BCUT2D eigenvalue weighted by Crippen LogP contribution is 2.18. The standard InChI is InChI=1S/C12H27NO/c1-4-6-7-8-12(3,9-11-14)13-10-5-2/h13-14H,4-11H2,1-3H3. The van der Waals surface area contributed by atoms with Gasteiger partial charge in [-0.15, -0.1) is 0 Å². The molecule has 2 nitrogen and oxygen atoms in total. The van der Waals surface area contributed by atoms with Gasteiger partial charge in [0.2, 0.25) is 0 Å². The topological polar surface area (TPSA) is 32.3 Å². The Labute approximate surface area is 89.1 Å². The fourth-order valence-electron chi connectivity index (χ4n) is 1.74. The summed E-state index contributed by atoms with van der Waals surface area (Å²) in [6.07, 6.45) is 7.05. The van der Waals surface area contributed by atoms with Crippen molar-refractivity contribution in [3.63, 3.8) is 0 Å².